The summed E-state index contributed by atoms with van der Waals surface area (Å²) in [5, 5.41) is 40.1. The van der Waals surface area contributed by atoms with E-state index in [2.05, 4.69) is 22.5 Å². The average Bonchev–Trinajstić information content (AvgIpc) is 3.19. The van der Waals surface area contributed by atoms with E-state index in [4.69, 9.17) is 4.74 Å². The van der Waals surface area contributed by atoms with Gasteiger partial charge in [0, 0.05) is 25.2 Å². The molecule has 3 saturated heterocycles. The van der Waals surface area contributed by atoms with Gasteiger partial charge in [0.05, 0.1) is 11.8 Å². The van der Waals surface area contributed by atoms with Crippen molar-refractivity contribution in [3.8, 4) is 0 Å². The van der Waals surface area contributed by atoms with Gasteiger partial charge in [0.25, 0.3) is 0 Å². The molecule has 7 nitrogen and oxygen atoms in total. The van der Waals surface area contributed by atoms with E-state index in [0.717, 1.165) is 44.3 Å². The summed E-state index contributed by atoms with van der Waals surface area (Å²) < 4.78 is 6.27. The number of hydrogen-bond donors (Lipinski definition) is 5. The molecular formula is C21H37N3O4. The summed E-state index contributed by atoms with van der Waals surface area (Å²) in [6.45, 7) is 5.57. The number of nitrogens with zero attached hydrogens (tertiary/aromatic N) is 1. The molecule has 0 aromatic rings. The molecule has 2 saturated carbocycles. The number of hydrogen-bond acceptors (Lipinski definition) is 7. The van der Waals surface area contributed by atoms with E-state index in [1.807, 2.05) is 6.92 Å². The van der Waals surface area contributed by atoms with Crippen LogP contribution in [-0.2, 0) is 4.74 Å². The molecule has 0 bridgehead atoms. The molecule has 3 heterocycles. The maximum absolute atomic E-state index is 11.5. The third-order valence-electron chi connectivity index (χ3n) is 8.88. The zero-order chi connectivity index (χ0) is 19.6. The average molecular weight is 396 g/mol. The highest BCUT2D eigenvalue weighted by Crippen LogP contribution is 2.51. The fraction of sp³-hybridized carbons (Fsp3) is 1.00. The predicted octanol–water partition coefficient (Wildman–Crippen LogP) is 0.197. The molecule has 0 aromatic heterocycles. The van der Waals surface area contributed by atoms with Gasteiger partial charge in [-0.3, -0.25) is 10.2 Å². The van der Waals surface area contributed by atoms with E-state index in [0.29, 0.717) is 12.0 Å². The van der Waals surface area contributed by atoms with Crippen LogP contribution in [0.2, 0.25) is 0 Å². The van der Waals surface area contributed by atoms with Gasteiger partial charge in [0.1, 0.15) is 24.5 Å². The van der Waals surface area contributed by atoms with Crippen LogP contribution in [0, 0.1) is 23.7 Å². The highest BCUT2D eigenvalue weighted by atomic mass is 16.6. The monoisotopic (exact) mass is 395 g/mol. The Morgan fingerprint density at radius 1 is 1.00 bits per heavy atom. The minimum Gasteiger partial charge on any atom is -0.387 e. The molecule has 0 radical (unpaired) electrons. The summed E-state index contributed by atoms with van der Waals surface area (Å²) in [5.74, 6) is 2.15. The smallest absolute Gasteiger partial charge is 0.141 e. The number of likely N-dealkylation sites (tertiary alicyclic amines) is 1. The minimum absolute atomic E-state index is 0.128. The van der Waals surface area contributed by atoms with Gasteiger partial charge < -0.3 is 25.4 Å². The van der Waals surface area contributed by atoms with E-state index >= 15 is 0 Å². The maximum atomic E-state index is 11.5. The Labute approximate surface area is 167 Å². The van der Waals surface area contributed by atoms with Crippen molar-refractivity contribution in [1.29, 1.82) is 0 Å². The number of rotatable bonds is 3. The van der Waals surface area contributed by atoms with Crippen LogP contribution in [-0.4, -0.2) is 75.8 Å². The first kappa shape index (κ1) is 19.7. The van der Waals surface area contributed by atoms with Crippen molar-refractivity contribution in [1.82, 2.24) is 15.5 Å². The van der Waals surface area contributed by atoms with Crippen molar-refractivity contribution in [2.75, 3.05) is 13.2 Å². The van der Waals surface area contributed by atoms with Crippen molar-refractivity contribution in [3.05, 3.63) is 0 Å². The molecule has 0 spiro atoms. The number of ether oxygens (including phenoxy) is 1. The van der Waals surface area contributed by atoms with Gasteiger partial charge in [-0.2, -0.15) is 0 Å². The normalized spacial score (nSPS) is 53.9. The predicted molar refractivity (Wildman–Crippen MR) is 104 cm³/mol. The first-order valence-corrected chi connectivity index (χ1v) is 11.3. The maximum Gasteiger partial charge on any atom is 0.141 e. The highest BCUT2D eigenvalue weighted by Gasteiger charge is 2.58. The van der Waals surface area contributed by atoms with Crippen molar-refractivity contribution in [3.63, 3.8) is 0 Å². The van der Waals surface area contributed by atoms with Crippen LogP contribution in [0.15, 0.2) is 0 Å². The van der Waals surface area contributed by atoms with E-state index < -0.39 is 30.1 Å². The number of fused-ring (bicyclic) bond motifs is 2. The minimum atomic E-state index is -1.12. The van der Waals surface area contributed by atoms with Gasteiger partial charge in [-0.25, -0.2) is 0 Å². The first-order chi connectivity index (χ1) is 13.4. The number of nitrogens with one attached hydrogen (secondary N) is 2. The molecule has 6 unspecified atom stereocenters. The largest absolute Gasteiger partial charge is 0.387 e. The molecule has 160 valence electrons. The Balaban J connectivity index is 1.30. The fourth-order valence-electron chi connectivity index (χ4n) is 6.80. The Hall–Kier alpha value is -0.280. The van der Waals surface area contributed by atoms with Crippen LogP contribution in [0.1, 0.15) is 52.4 Å². The Morgan fingerprint density at radius 3 is 2.46 bits per heavy atom. The van der Waals surface area contributed by atoms with E-state index in [9.17, 15) is 15.3 Å². The fourth-order valence-corrected chi connectivity index (χ4v) is 6.80. The van der Waals surface area contributed by atoms with Crippen LogP contribution >= 0.6 is 0 Å². The Bertz CT molecular complexity index is 590. The van der Waals surface area contributed by atoms with Gasteiger partial charge in [-0.05, 0) is 70.1 Å². The zero-order valence-corrected chi connectivity index (χ0v) is 17.1. The van der Waals surface area contributed by atoms with Crippen molar-refractivity contribution < 1.29 is 20.1 Å². The Kier molecular flexibility index (Phi) is 5.02. The van der Waals surface area contributed by atoms with Crippen molar-refractivity contribution in [2.24, 2.45) is 23.7 Å². The molecule has 5 fully saturated rings. The molecule has 0 aromatic carbocycles. The lowest BCUT2D eigenvalue weighted by molar-refractivity contribution is -0.182. The van der Waals surface area contributed by atoms with Crippen molar-refractivity contribution >= 4 is 0 Å². The molecule has 5 rings (SSSR count). The summed E-state index contributed by atoms with van der Waals surface area (Å²) >= 11 is 0. The Morgan fingerprint density at radius 2 is 1.75 bits per heavy atom. The second-order valence-corrected chi connectivity index (χ2v) is 10.3. The molecular weight excluding hydrogens is 358 g/mol. The summed E-state index contributed by atoms with van der Waals surface area (Å²) in [6.07, 6.45) is 3.58. The van der Waals surface area contributed by atoms with Gasteiger partial charge in [-0.1, -0.05) is 0 Å². The summed E-state index contributed by atoms with van der Waals surface area (Å²) in [4.78, 5) is 2.16. The summed E-state index contributed by atoms with van der Waals surface area (Å²) in [6, 6.07) is 0.413. The van der Waals surface area contributed by atoms with Gasteiger partial charge in [0.2, 0.25) is 0 Å². The topological polar surface area (TPSA) is 97.2 Å². The van der Waals surface area contributed by atoms with Crippen LogP contribution in [0.3, 0.4) is 0 Å². The van der Waals surface area contributed by atoms with Crippen molar-refractivity contribution in [2.45, 2.75) is 94.7 Å². The van der Waals surface area contributed by atoms with E-state index in [1.165, 1.54) is 19.3 Å². The lowest BCUT2D eigenvalue weighted by Gasteiger charge is -2.49. The lowest BCUT2D eigenvalue weighted by atomic mass is 9.59. The first-order valence-electron chi connectivity index (χ1n) is 11.3. The van der Waals surface area contributed by atoms with Gasteiger partial charge >= 0.3 is 0 Å². The van der Waals surface area contributed by atoms with Crippen LogP contribution in [0.4, 0.5) is 0 Å². The number of aliphatic hydroxyl groups is 3. The SMILES string of the molecule is CC1NCNC2C1CCN2[C@@H]1O[C@H]([C@](C)(O)C2CCC3CCC3C2)[C@@H](O)[C@H]1O. The molecule has 7 heteroatoms. The molecule has 5 N–H and O–H groups in total. The second-order valence-electron chi connectivity index (χ2n) is 10.3. The van der Waals surface area contributed by atoms with Crippen LogP contribution in [0.5, 0.6) is 0 Å². The summed E-state index contributed by atoms with van der Waals surface area (Å²) in [5.41, 5.74) is -1.12. The van der Waals surface area contributed by atoms with Crippen LogP contribution in [0.25, 0.3) is 0 Å². The van der Waals surface area contributed by atoms with Gasteiger partial charge in [0.15, 0.2) is 0 Å². The van der Waals surface area contributed by atoms with E-state index in [1.54, 1.807) is 0 Å². The van der Waals surface area contributed by atoms with Gasteiger partial charge in [-0.15, -0.1) is 0 Å². The molecule has 5 aliphatic rings. The molecule has 3 aliphatic heterocycles. The molecule has 28 heavy (non-hydrogen) atoms. The zero-order valence-electron chi connectivity index (χ0n) is 17.1. The molecule has 11 atom stereocenters. The number of aliphatic hydroxyl groups excluding tert-OH is 2. The van der Waals surface area contributed by atoms with Crippen LogP contribution < -0.4 is 10.6 Å². The molecule has 2 aliphatic carbocycles. The second kappa shape index (κ2) is 7.15. The third-order valence-corrected chi connectivity index (χ3v) is 8.88. The lowest BCUT2D eigenvalue weighted by Crippen LogP contribution is -2.61. The highest BCUT2D eigenvalue weighted by molar-refractivity contribution is 5.06. The standard InChI is InChI=1S/C21H37N3O4/c1-11-15-7-8-24(19(15)23-10-22-11)20-17(26)16(25)18(28-20)21(2,27)14-6-5-12-3-4-13(12)9-14/h11-20,22-23,25-27H,3-10H2,1-2H3/t11?,12?,13?,14?,15?,16-,17+,18-,19?,20+,21+/m0/s1. The quantitative estimate of drug-likeness (QED) is 0.466. The summed E-state index contributed by atoms with van der Waals surface area (Å²) in [7, 11) is 0. The third kappa shape index (κ3) is 2.97. The molecule has 0 amide bonds. The van der Waals surface area contributed by atoms with E-state index in [-0.39, 0.29) is 12.1 Å².